The molecule has 104 valence electrons. The topological polar surface area (TPSA) is 40.5 Å². The van der Waals surface area contributed by atoms with Crippen LogP contribution in [0.4, 0.5) is 4.39 Å². The van der Waals surface area contributed by atoms with Crippen molar-refractivity contribution in [2.45, 2.75) is 39.3 Å². The van der Waals surface area contributed by atoms with Crippen molar-refractivity contribution in [3.63, 3.8) is 0 Å². The maximum absolute atomic E-state index is 13.8. The molecule has 0 radical (unpaired) electrons. The van der Waals surface area contributed by atoms with Crippen LogP contribution in [-0.4, -0.2) is 28.6 Å². The zero-order valence-corrected chi connectivity index (χ0v) is 11.4. The Morgan fingerprint density at radius 2 is 2.26 bits per heavy atom. The molecule has 0 spiro atoms. The molecule has 1 saturated heterocycles. The van der Waals surface area contributed by atoms with E-state index in [1.165, 1.54) is 6.07 Å². The van der Waals surface area contributed by atoms with Gasteiger partial charge in [0, 0.05) is 18.2 Å². The Labute approximate surface area is 113 Å². The second kappa shape index (κ2) is 5.70. The first-order chi connectivity index (χ1) is 8.99. The number of rotatable bonds is 3. The lowest BCUT2D eigenvalue weighted by atomic mass is 9.90. The molecule has 1 fully saturated rings. The minimum atomic E-state index is -0.748. The number of aryl methyl sites for hydroxylation is 1. The van der Waals surface area contributed by atoms with Crippen LogP contribution in [0.25, 0.3) is 0 Å². The van der Waals surface area contributed by atoms with Crippen LogP contribution < -0.4 is 0 Å². The molecular formula is C15H20FNO2. The number of nitrogens with zero attached hydrogens (tertiary/aromatic N) is 1. The van der Waals surface area contributed by atoms with E-state index in [-0.39, 0.29) is 17.8 Å². The average Bonchev–Trinajstić information content (AvgIpc) is 2.36. The molecule has 4 heteroatoms. The Hall–Kier alpha value is -1.42. The van der Waals surface area contributed by atoms with Crippen LogP contribution in [0.1, 0.15) is 30.9 Å². The number of piperidine rings is 1. The summed E-state index contributed by atoms with van der Waals surface area (Å²) in [5.74, 6) is -1.31. The first kappa shape index (κ1) is 14.0. The zero-order chi connectivity index (χ0) is 14.0. The lowest BCUT2D eigenvalue weighted by Gasteiger charge is -2.37. The van der Waals surface area contributed by atoms with Crippen molar-refractivity contribution >= 4 is 5.97 Å². The van der Waals surface area contributed by atoms with E-state index in [9.17, 15) is 14.3 Å². The van der Waals surface area contributed by atoms with Crippen molar-refractivity contribution in [3.05, 3.63) is 35.1 Å². The van der Waals surface area contributed by atoms with Crippen molar-refractivity contribution in [1.82, 2.24) is 4.90 Å². The highest BCUT2D eigenvalue weighted by Crippen LogP contribution is 2.26. The van der Waals surface area contributed by atoms with Gasteiger partial charge in [-0.15, -0.1) is 0 Å². The van der Waals surface area contributed by atoms with Gasteiger partial charge in [0.25, 0.3) is 0 Å². The van der Waals surface area contributed by atoms with Crippen LogP contribution in [0.5, 0.6) is 0 Å². The van der Waals surface area contributed by atoms with E-state index in [0.717, 1.165) is 18.5 Å². The van der Waals surface area contributed by atoms with Crippen LogP contribution in [0.15, 0.2) is 18.2 Å². The second-order valence-electron chi connectivity index (χ2n) is 5.39. The highest BCUT2D eigenvalue weighted by atomic mass is 19.1. The lowest BCUT2D eigenvalue weighted by Crippen LogP contribution is -2.45. The fourth-order valence-electron chi connectivity index (χ4n) is 2.81. The fourth-order valence-corrected chi connectivity index (χ4v) is 2.81. The number of carbonyl (C=O) groups is 1. The summed E-state index contributed by atoms with van der Waals surface area (Å²) in [5.41, 5.74) is 1.67. The van der Waals surface area contributed by atoms with E-state index >= 15 is 0 Å². The number of carboxylic acids is 1. The monoisotopic (exact) mass is 265 g/mol. The number of halogens is 1. The Balaban J connectivity index is 2.13. The highest BCUT2D eigenvalue weighted by molar-refractivity contribution is 5.70. The van der Waals surface area contributed by atoms with Crippen molar-refractivity contribution < 1.29 is 14.3 Å². The molecule has 19 heavy (non-hydrogen) atoms. The van der Waals surface area contributed by atoms with Gasteiger partial charge in [-0.05, 0) is 39.3 Å². The number of likely N-dealkylation sites (tertiary alicyclic amines) is 1. The summed E-state index contributed by atoms with van der Waals surface area (Å²) < 4.78 is 13.8. The molecule has 3 nitrogen and oxygen atoms in total. The average molecular weight is 265 g/mol. The standard InChI is InChI=1S/C15H20FNO2/c1-10-5-6-14(16)12(8-10)9-17-7-3-4-13(11(17)2)15(18)19/h5-6,8,11,13H,3-4,7,9H2,1-2H3,(H,18,19)/t11-,13-/m1/s1. The van der Waals surface area contributed by atoms with Gasteiger partial charge in [0.1, 0.15) is 5.82 Å². The van der Waals surface area contributed by atoms with Crippen LogP contribution in [0.3, 0.4) is 0 Å². The lowest BCUT2D eigenvalue weighted by molar-refractivity contribution is -0.145. The van der Waals surface area contributed by atoms with Gasteiger partial charge in [-0.1, -0.05) is 17.7 Å². The molecule has 0 amide bonds. The van der Waals surface area contributed by atoms with E-state index in [4.69, 9.17) is 0 Å². The molecule has 2 rings (SSSR count). The smallest absolute Gasteiger partial charge is 0.308 e. The largest absolute Gasteiger partial charge is 0.481 e. The van der Waals surface area contributed by atoms with Gasteiger partial charge in [0.05, 0.1) is 5.92 Å². The Morgan fingerprint density at radius 3 is 2.95 bits per heavy atom. The fraction of sp³-hybridized carbons (Fsp3) is 0.533. The molecule has 1 aromatic carbocycles. The molecule has 2 atom stereocenters. The maximum Gasteiger partial charge on any atom is 0.308 e. The third-order valence-corrected chi connectivity index (χ3v) is 4.01. The predicted molar refractivity (Wildman–Crippen MR) is 71.4 cm³/mol. The molecule has 0 aliphatic carbocycles. The molecular weight excluding hydrogens is 245 g/mol. The van der Waals surface area contributed by atoms with E-state index < -0.39 is 5.97 Å². The number of aliphatic carboxylic acids is 1. The minimum Gasteiger partial charge on any atom is -0.481 e. The number of benzene rings is 1. The third kappa shape index (κ3) is 3.13. The van der Waals surface area contributed by atoms with Gasteiger partial charge in [0.2, 0.25) is 0 Å². The minimum absolute atomic E-state index is 0.0498. The van der Waals surface area contributed by atoms with E-state index in [2.05, 4.69) is 4.90 Å². The van der Waals surface area contributed by atoms with Gasteiger partial charge in [-0.3, -0.25) is 9.69 Å². The summed E-state index contributed by atoms with van der Waals surface area (Å²) in [6, 6.07) is 5.02. The predicted octanol–water partition coefficient (Wildman–Crippen LogP) is 2.82. The van der Waals surface area contributed by atoms with E-state index in [0.29, 0.717) is 18.5 Å². The summed E-state index contributed by atoms with van der Waals surface area (Å²) in [7, 11) is 0. The summed E-state index contributed by atoms with van der Waals surface area (Å²) >= 11 is 0. The zero-order valence-electron chi connectivity index (χ0n) is 11.4. The number of carboxylic acid groups (broad SMARTS) is 1. The molecule has 0 unspecified atom stereocenters. The molecule has 1 N–H and O–H groups in total. The number of hydrogen-bond acceptors (Lipinski definition) is 2. The first-order valence-corrected chi connectivity index (χ1v) is 6.71. The van der Waals surface area contributed by atoms with Gasteiger partial charge in [0.15, 0.2) is 0 Å². The van der Waals surface area contributed by atoms with Crippen molar-refractivity contribution in [2.24, 2.45) is 5.92 Å². The summed E-state index contributed by atoms with van der Waals surface area (Å²) in [6.45, 7) is 5.17. The quantitative estimate of drug-likeness (QED) is 0.913. The maximum atomic E-state index is 13.8. The van der Waals surface area contributed by atoms with Gasteiger partial charge >= 0.3 is 5.97 Å². The van der Waals surface area contributed by atoms with Crippen LogP contribution in [-0.2, 0) is 11.3 Å². The van der Waals surface area contributed by atoms with Gasteiger partial charge in [-0.25, -0.2) is 4.39 Å². The Bertz CT molecular complexity index is 475. The molecule has 1 heterocycles. The SMILES string of the molecule is Cc1ccc(F)c(CN2CCC[C@@H](C(=O)O)[C@H]2C)c1. The van der Waals surface area contributed by atoms with E-state index in [1.54, 1.807) is 6.07 Å². The molecule has 0 saturated carbocycles. The molecule has 0 aromatic heterocycles. The normalized spacial score (nSPS) is 24.4. The highest BCUT2D eigenvalue weighted by Gasteiger charge is 2.32. The van der Waals surface area contributed by atoms with Crippen molar-refractivity contribution in [2.75, 3.05) is 6.54 Å². The molecule has 1 aliphatic heterocycles. The van der Waals surface area contributed by atoms with Crippen molar-refractivity contribution in [3.8, 4) is 0 Å². The summed E-state index contributed by atoms with van der Waals surface area (Å²) in [4.78, 5) is 13.3. The summed E-state index contributed by atoms with van der Waals surface area (Å²) in [6.07, 6.45) is 1.57. The Morgan fingerprint density at radius 1 is 1.53 bits per heavy atom. The van der Waals surface area contributed by atoms with Crippen molar-refractivity contribution in [1.29, 1.82) is 0 Å². The van der Waals surface area contributed by atoms with Gasteiger partial charge < -0.3 is 5.11 Å². The third-order valence-electron chi connectivity index (χ3n) is 4.01. The Kier molecular flexibility index (Phi) is 4.20. The molecule has 1 aliphatic rings. The van der Waals surface area contributed by atoms with E-state index in [1.807, 2.05) is 19.9 Å². The second-order valence-corrected chi connectivity index (χ2v) is 5.39. The van der Waals surface area contributed by atoms with Crippen LogP contribution >= 0.6 is 0 Å². The number of hydrogen-bond donors (Lipinski definition) is 1. The summed E-state index contributed by atoms with van der Waals surface area (Å²) in [5, 5.41) is 9.19. The first-order valence-electron chi connectivity index (χ1n) is 6.71. The van der Waals surface area contributed by atoms with Crippen LogP contribution in [0, 0.1) is 18.7 Å². The molecule has 0 bridgehead atoms. The van der Waals surface area contributed by atoms with Crippen LogP contribution in [0.2, 0.25) is 0 Å². The van der Waals surface area contributed by atoms with Gasteiger partial charge in [-0.2, -0.15) is 0 Å². The molecule has 1 aromatic rings.